The minimum Gasteiger partial charge on any atom is -0.394 e. The molecule has 13 heteroatoms. The number of nitrogens with zero attached hydrogens (tertiary/aromatic N) is 3. The van der Waals surface area contributed by atoms with Crippen LogP contribution in [0, 0.1) is 0 Å². The molecule has 27 heavy (non-hydrogen) atoms. The van der Waals surface area contributed by atoms with Gasteiger partial charge in [-0.1, -0.05) is 0 Å². The molecule has 0 bridgehead atoms. The Bertz CT molecular complexity index is 949. The Labute approximate surface area is 149 Å². The summed E-state index contributed by atoms with van der Waals surface area (Å²) in [5.74, 6) is -0.306. The molecule has 0 radical (unpaired) electrons. The number of H-pyrrole nitrogens is 1. The van der Waals surface area contributed by atoms with Gasteiger partial charge in [0.05, 0.1) is 12.7 Å². The SMILES string of the molecule is Nc1nc2c(c(=O)[nH]1)n(CCCC(F)(F)F)c(=O)n2[C@@H]1O[C@H](CO)C[C@H]1O. The molecule has 2 aromatic heterocycles. The van der Waals surface area contributed by atoms with Crippen molar-refractivity contribution in [3.05, 3.63) is 20.8 Å². The maximum atomic E-state index is 12.8. The molecular weight excluding hydrogens is 375 g/mol. The maximum absolute atomic E-state index is 12.8. The number of aryl methyl sites for hydroxylation is 1. The summed E-state index contributed by atoms with van der Waals surface area (Å²) >= 11 is 0. The van der Waals surface area contributed by atoms with E-state index in [1.165, 1.54) is 0 Å². The lowest BCUT2D eigenvalue weighted by Gasteiger charge is -2.15. The third kappa shape index (κ3) is 3.70. The summed E-state index contributed by atoms with van der Waals surface area (Å²) in [4.78, 5) is 31.1. The van der Waals surface area contributed by atoms with Crippen molar-refractivity contribution in [2.24, 2.45) is 0 Å². The van der Waals surface area contributed by atoms with Crippen molar-refractivity contribution in [1.29, 1.82) is 0 Å². The van der Waals surface area contributed by atoms with E-state index in [4.69, 9.17) is 10.5 Å². The van der Waals surface area contributed by atoms with E-state index in [0.29, 0.717) is 0 Å². The van der Waals surface area contributed by atoms with Crippen molar-refractivity contribution >= 4 is 17.1 Å². The number of nitrogen functional groups attached to an aromatic ring is 1. The molecule has 3 atom stereocenters. The molecule has 10 nitrogen and oxygen atoms in total. The number of aliphatic hydroxyl groups is 2. The van der Waals surface area contributed by atoms with E-state index in [9.17, 15) is 33.0 Å². The fraction of sp³-hybridized carbons (Fsp3) is 0.643. The Morgan fingerprint density at radius 3 is 2.67 bits per heavy atom. The highest BCUT2D eigenvalue weighted by Gasteiger charge is 2.38. The quantitative estimate of drug-likeness (QED) is 0.533. The summed E-state index contributed by atoms with van der Waals surface area (Å²) in [7, 11) is 0. The molecule has 0 aromatic carbocycles. The van der Waals surface area contributed by atoms with Gasteiger partial charge in [0.1, 0.15) is 6.10 Å². The van der Waals surface area contributed by atoms with Crippen molar-refractivity contribution in [2.75, 3.05) is 12.3 Å². The number of halogens is 3. The molecule has 0 unspecified atom stereocenters. The van der Waals surface area contributed by atoms with Crippen molar-refractivity contribution in [2.45, 2.75) is 50.4 Å². The van der Waals surface area contributed by atoms with Crippen molar-refractivity contribution in [3.8, 4) is 0 Å². The average molecular weight is 393 g/mol. The van der Waals surface area contributed by atoms with E-state index in [-0.39, 0.29) is 30.1 Å². The molecule has 1 saturated heterocycles. The van der Waals surface area contributed by atoms with Crippen LogP contribution in [0.3, 0.4) is 0 Å². The number of nitrogens with two attached hydrogens (primary N) is 1. The van der Waals surface area contributed by atoms with Gasteiger partial charge < -0.3 is 20.7 Å². The highest BCUT2D eigenvalue weighted by Crippen LogP contribution is 2.30. The molecule has 0 spiro atoms. The zero-order valence-electron chi connectivity index (χ0n) is 13.9. The van der Waals surface area contributed by atoms with Gasteiger partial charge in [0.15, 0.2) is 17.4 Å². The minimum atomic E-state index is -4.41. The number of rotatable bonds is 5. The van der Waals surface area contributed by atoms with Gasteiger partial charge in [-0.2, -0.15) is 18.2 Å². The molecule has 1 aliphatic heterocycles. The van der Waals surface area contributed by atoms with E-state index in [0.717, 1.165) is 9.13 Å². The summed E-state index contributed by atoms with van der Waals surface area (Å²) < 4.78 is 44.4. The molecular formula is C14H18F3N5O5. The van der Waals surface area contributed by atoms with Gasteiger partial charge >= 0.3 is 11.9 Å². The molecule has 2 aromatic rings. The van der Waals surface area contributed by atoms with Crippen LogP contribution >= 0.6 is 0 Å². The summed E-state index contributed by atoms with van der Waals surface area (Å²) in [6, 6.07) is 0. The molecule has 0 saturated carbocycles. The molecule has 150 valence electrons. The van der Waals surface area contributed by atoms with Gasteiger partial charge in [0.2, 0.25) is 5.95 Å². The number of aromatic amines is 1. The number of aromatic nitrogens is 4. The van der Waals surface area contributed by atoms with Gasteiger partial charge in [0.25, 0.3) is 5.56 Å². The van der Waals surface area contributed by atoms with E-state index in [1.807, 2.05) is 0 Å². The van der Waals surface area contributed by atoms with Crippen LogP contribution in [0.25, 0.3) is 11.2 Å². The van der Waals surface area contributed by atoms with Gasteiger partial charge in [-0.25, -0.2) is 9.36 Å². The smallest absolute Gasteiger partial charge is 0.389 e. The third-order valence-corrected chi connectivity index (χ3v) is 4.30. The number of ether oxygens (including phenoxy) is 1. The standard InChI is InChI=1S/C14H18F3N5O5/c15-14(16,17)2-1-3-21-8-9(19-12(18)20-10(8)25)22(13(21)26)11-7(24)4-6(5-23)27-11/h6-7,11,23-24H,1-5H2,(H3,18,19,20,25)/t6-,7+,11+/m0/s1. The van der Waals surface area contributed by atoms with Gasteiger partial charge in [-0.3, -0.25) is 14.3 Å². The van der Waals surface area contributed by atoms with Gasteiger partial charge in [-0.05, 0) is 6.42 Å². The Morgan fingerprint density at radius 1 is 1.37 bits per heavy atom. The van der Waals surface area contributed by atoms with Crippen LogP contribution in [-0.2, 0) is 11.3 Å². The fourth-order valence-electron chi connectivity index (χ4n) is 3.15. The van der Waals surface area contributed by atoms with Crippen LogP contribution in [0.5, 0.6) is 0 Å². The number of aliphatic hydroxyl groups excluding tert-OH is 2. The predicted octanol–water partition coefficient (Wildman–Crippen LogP) is -0.548. The zero-order valence-corrected chi connectivity index (χ0v) is 13.9. The molecule has 3 rings (SSSR count). The number of alkyl halides is 3. The number of hydrogen-bond donors (Lipinski definition) is 4. The Kier molecular flexibility index (Phi) is 5.01. The van der Waals surface area contributed by atoms with Crippen molar-refractivity contribution in [1.82, 2.24) is 19.1 Å². The van der Waals surface area contributed by atoms with Crippen LogP contribution < -0.4 is 17.0 Å². The number of imidazole rings is 1. The van der Waals surface area contributed by atoms with E-state index in [2.05, 4.69) is 9.97 Å². The molecule has 1 fully saturated rings. The number of fused-ring (bicyclic) bond motifs is 1. The second kappa shape index (κ2) is 6.98. The topological polar surface area (TPSA) is 148 Å². The molecule has 5 N–H and O–H groups in total. The summed E-state index contributed by atoms with van der Waals surface area (Å²) in [6.07, 6.45) is -9.12. The molecule has 0 aliphatic carbocycles. The lowest BCUT2D eigenvalue weighted by molar-refractivity contribution is -0.135. The minimum absolute atomic E-state index is 0.0347. The highest BCUT2D eigenvalue weighted by molar-refractivity contribution is 5.71. The maximum Gasteiger partial charge on any atom is 0.389 e. The monoisotopic (exact) mass is 393 g/mol. The van der Waals surface area contributed by atoms with Crippen LogP contribution in [0.1, 0.15) is 25.5 Å². The van der Waals surface area contributed by atoms with Crippen LogP contribution in [0.4, 0.5) is 19.1 Å². The second-order valence-corrected chi connectivity index (χ2v) is 6.28. The van der Waals surface area contributed by atoms with Gasteiger partial charge in [0, 0.05) is 19.4 Å². The molecule has 0 amide bonds. The Morgan fingerprint density at radius 2 is 2.07 bits per heavy atom. The first-order valence-electron chi connectivity index (χ1n) is 8.14. The third-order valence-electron chi connectivity index (χ3n) is 4.30. The first-order chi connectivity index (χ1) is 12.6. The number of nitrogens with one attached hydrogen (secondary N) is 1. The lowest BCUT2D eigenvalue weighted by Crippen LogP contribution is -2.32. The van der Waals surface area contributed by atoms with Crippen molar-refractivity contribution < 1.29 is 28.1 Å². The summed E-state index contributed by atoms with van der Waals surface area (Å²) in [6.45, 7) is -0.786. The van der Waals surface area contributed by atoms with E-state index >= 15 is 0 Å². The van der Waals surface area contributed by atoms with Crippen LogP contribution in [0.2, 0.25) is 0 Å². The second-order valence-electron chi connectivity index (χ2n) is 6.28. The van der Waals surface area contributed by atoms with Crippen molar-refractivity contribution in [3.63, 3.8) is 0 Å². The highest BCUT2D eigenvalue weighted by atomic mass is 19.4. The van der Waals surface area contributed by atoms with Gasteiger partial charge in [-0.15, -0.1) is 0 Å². The largest absolute Gasteiger partial charge is 0.394 e. The predicted molar refractivity (Wildman–Crippen MR) is 85.9 cm³/mol. The van der Waals surface area contributed by atoms with Crippen LogP contribution in [0.15, 0.2) is 9.59 Å². The Hall–Kier alpha value is -2.38. The van der Waals surface area contributed by atoms with E-state index in [1.54, 1.807) is 0 Å². The normalized spacial score (nSPS) is 23.4. The summed E-state index contributed by atoms with van der Waals surface area (Å²) in [5.41, 5.74) is 3.38. The first-order valence-corrected chi connectivity index (χ1v) is 8.14. The lowest BCUT2D eigenvalue weighted by atomic mass is 10.2. The number of hydrogen-bond acceptors (Lipinski definition) is 7. The van der Waals surface area contributed by atoms with E-state index < -0.39 is 55.3 Å². The molecule has 1 aliphatic rings. The Balaban J connectivity index is 2.10. The fourth-order valence-corrected chi connectivity index (χ4v) is 3.15. The number of anilines is 1. The zero-order chi connectivity index (χ0) is 19.9. The average Bonchev–Trinajstić information content (AvgIpc) is 3.04. The first kappa shape index (κ1) is 19.4. The molecule has 3 heterocycles. The van der Waals surface area contributed by atoms with Crippen LogP contribution in [-0.4, -0.2) is 54.3 Å². The summed E-state index contributed by atoms with van der Waals surface area (Å²) in [5, 5.41) is 19.4.